The summed E-state index contributed by atoms with van der Waals surface area (Å²) < 4.78 is 0. The van der Waals surface area contributed by atoms with Gasteiger partial charge in [-0.15, -0.1) is 0 Å². The van der Waals surface area contributed by atoms with Crippen LogP contribution in [0.1, 0.15) is 26.3 Å². The van der Waals surface area contributed by atoms with E-state index in [-0.39, 0.29) is 0 Å². The fourth-order valence-electron chi connectivity index (χ4n) is 1.67. The minimum Gasteiger partial charge on any atom is -0.361 e. The van der Waals surface area contributed by atoms with Gasteiger partial charge in [0.1, 0.15) is 0 Å². The SMILES string of the molecule is CC.CCN(C)Cc1c[nH]c2ccccc12. The Morgan fingerprint density at radius 1 is 1.19 bits per heavy atom. The van der Waals surface area contributed by atoms with Gasteiger partial charge >= 0.3 is 0 Å². The minimum atomic E-state index is 1.01. The van der Waals surface area contributed by atoms with E-state index in [4.69, 9.17) is 0 Å². The first kappa shape index (κ1) is 12.8. The monoisotopic (exact) mass is 218 g/mol. The molecule has 0 unspecified atom stereocenters. The summed E-state index contributed by atoms with van der Waals surface area (Å²) in [6, 6.07) is 8.44. The Hall–Kier alpha value is -1.28. The largest absolute Gasteiger partial charge is 0.361 e. The highest BCUT2D eigenvalue weighted by Crippen LogP contribution is 2.18. The van der Waals surface area contributed by atoms with Gasteiger partial charge in [-0.1, -0.05) is 39.0 Å². The number of para-hydroxylation sites is 1. The maximum atomic E-state index is 3.29. The molecule has 0 saturated carbocycles. The van der Waals surface area contributed by atoms with Crippen LogP contribution in [0.2, 0.25) is 0 Å². The Labute approximate surface area is 98.3 Å². The molecule has 2 nitrogen and oxygen atoms in total. The third kappa shape index (κ3) is 2.86. The van der Waals surface area contributed by atoms with E-state index in [1.54, 1.807) is 0 Å². The van der Waals surface area contributed by atoms with Gasteiger partial charge in [0.25, 0.3) is 0 Å². The molecule has 0 atom stereocenters. The lowest BCUT2D eigenvalue weighted by atomic mass is 10.2. The molecule has 2 rings (SSSR count). The number of H-pyrrole nitrogens is 1. The molecule has 16 heavy (non-hydrogen) atoms. The van der Waals surface area contributed by atoms with E-state index < -0.39 is 0 Å². The number of hydrogen-bond donors (Lipinski definition) is 1. The van der Waals surface area contributed by atoms with Crippen molar-refractivity contribution in [2.75, 3.05) is 13.6 Å². The molecule has 2 aromatic rings. The predicted molar refractivity (Wildman–Crippen MR) is 71.7 cm³/mol. The number of nitrogens with zero attached hydrogens (tertiary/aromatic N) is 1. The zero-order valence-electron chi connectivity index (χ0n) is 10.7. The van der Waals surface area contributed by atoms with E-state index in [9.17, 15) is 0 Å². The van der Waals surface area contributed by atoms with Crippen molar-refractivity contribution < 1.29 is 0 Å². The second kappa shape index (κ2) is 6.33. The normalized spacial score (nSPS) is 10.3. The third-order valence-corrected chi connectivity index (χ3v) is 2.66. The summed E-state index contributed by atoms with van der Waals surface area (Å²) in [6.45, 7) is 8.27. The Kier molecular flexibility index (Phi) is 5.06. The van der Waals surface area contributed by atoms with Gasteiger partial charge in [0.05, 0.1) is 0 Å². The van der Waals surface area contributed by atoms with Crippen LogP contribution < -0.4 is 0 Å². The molecule has 0 aliphatic rings. The first-order valence-electron chi connectivity index (χ1n) is 6.05. The van der Waals surface area contributed by atoms with Crippen molar-refractivity contribution in [3.05, 3.63) is 36.0 Å². The van der Waals surface area contributed by atoms with Crippen LogP contribution in [0.4, 0.5) is 0 Å². The van der Waals surface area contributed by atoms with Gasteiger partial charge < -0.3 is 9.88 Å². The van der Waals surface area contributed by atoms with Crippen LogP contribution in [0, 0.1) is 0 Å². The molecular weight excluding hydrogens is 196 g/mol. The van der Waals surface area contributed by atoms with Gasteiger partial charge in [-0.3, -0.25) is 0 Å². The number of rotatable bonds is 3. The lowest BCUT2D eigenvalue weighted by Gasteiger charge is -2.12. The van der Waals surface area contributed by atoms with E-state index in [1.807, 2.05) is 13.8 Å². The lowest BCUT2D eigenvalue weighted by molar-refractivity contribution is 0.347. The summed E-state index contributed by atoms with van der Waals surface area (Å²) in [7, 11) is 2.14. The Bertz CT molecular complexity index is 417. The maximum absolute atomic E-state index is 3.29. The summed E-state index contributed by atoms with van der Waals surface area (Å²) >= 11 is 0. The fourth-order valence-corrected chi connectivity index (χ4v) is 1.67. The van der Waals surface area contributed by atoms with Gasteiger partial charge in [-0.2, -0.15) is 0 Å². The number of aromatic nitrogens is 1. The quantitative estimate of drug-likeness (QED) is 0.833. The third-order valence-electron chi connectivity index (χ3n) is 2.66. The van der Waals surface area contributed by atoms with Crippen molar-refractivity contribution in [2.45, 2.75) is 27.3 Å². The standard InChI is InChI=1S/C12H16N2.C2H6/c1-3-14(2)9-10-8-13-12-7-5-4-6-11(10)12;1-2/h4-8,13H,3,9H2,1-2H3;1-2H3. The molecule has 0 saturated heterocycles. The first-order valence-corrected chi connectivity index (χ1v) is 6.05. The fraction of sp³-hybridized carbons (Fsp3) is 0.429. The molecule has 1 aromatic carbocycles. The van der Waals surface area contributed by atoms with Gasteiger partial charge in [0, 0.05) is 23.6 Å². The molecule has 0 bridgehead atoms. The van der Waals surface area contributed by atoms with Gasteiger partial charge in [0.2, 0.25) is 0 Å². The van der Waals surface area contributed by atoms with Crippen LogP contribution in [-0.2, 0) is 6.54 Å². The van der Waals surface area contributed by atoms with Gasteiger partial charge in [0.15, 0.2) is 0 Å². The molecule has 1 N–H and O–H groups in total. The first-order chi connectivity index (χ1) is 7.81. The highest BCUT2D eigenvalue weighted by Gasteiger charge is 2.03. The van der Waals surface area contributed by atoms with Crippen molar-refractivity contribution >= 4 is 10.9 Å². The molecule has 0 spiro atoms. The predicted octanol–water partition coefficient (Wildman–Crippen LogP) is 3.65. The molecule has 0 amide bonds. The summed E-state index contributed by atoms with van der Waals surface area (Å²) in [4.78, 5) is 5.59. The molecule has 2 heteroatoms. The average molecular weight is 218 g/mol. The topological polar surface area (TPSA) is 19.0 Å². The zero-order chi connectivity index (χ0) is 12.0. The summed E-state index contributed by atoms with van der Waals surface area (Å²) in [5, 5.41) is 1.34. The van der Waals surface area contributed by atoms with E-state index in [0.717, 1.165) is 13.1 Å². The van der Waals surface area contributed by atoms with Crippen molar-refractivity contribution in [2.24, 2.45) is 0 Å². The second-order valence-corrected chi connectivity index (χ2v) is 3.69. The van der Waals surface area contributed by atoms with Crippen molar-refractivity contribution in [1.82, 2.24) is 9.88 Å². The zero-order valence-corrected chi connectivity index (χ0v) is 10.7. The van der Waals surface area contributed by atoms with Crippen LogP contribution >= 0.6 is 0 Å². The Morgan fingerprint density at radius 3 is 2.56 bits per heavy atom. The number of fused-ring (bicyclic) bond motifs is 1. The second-order valence-electron chi connectivity index (χ2n) is 3.69. The highest BCUT2D eigenvalue weighted by molar-refractivity contribution is 5.82. The van der Waals surface area contributed by atoms with Gasteiger partial charge in [-0.05, 0) is 25.2 Å². The number of nitrogens with one attached hydrogen (secondary N) is 1. The van der Waals surface area contributed by atoms with Crippen LogP contribution in [0.25, 0.3) is 10.9 Å². The molecule has 88 valence electrons. The van der Waals surface area contributed by atoms with Crippen LogP contribution in [0.5, 0.6) is 0 Å². The molecule has 0 fully saturated rings. The van der Waals surface area contributed by atoms with E-state index in [1.165, 1.54) is 16.5 Å². The molecule has 1 aromatic heterocycles. The minimum absolute atomic E-state index is 1.01. The number of hydrogen-bond acceptors (Lipinski definition) is 1. The molecule has 0 aliphatic heterocycles. The van der Waals surface area contributed by atoms with Crippen molar-refractivity contribution in [3.63, 3.8) is 0 Å². The number of aromatic amines is 1. The van der Waals surface area contributed by atoms with Crippen molar-refractivity contribution in [1.29, 1.82) is 0 Å². The average Bonchev–Trinajstić information content (AvgIpc) is 2.75. The van der Waals surface area contributed by atoms with Gasteiger partial charge in [-0.25, -0.2) is 0 Å². The molecular formula is C14H22N2. The molecule has 0 aliphatic carbocycles. The Morgan fingerprint density at radius 2 is 1.88 bits per heavy atom. The molecule has 1 heterocycles. The van der Waals surface area contributed by atoms with E-state index in [2.05, 4.69) is 54.3 Å². The summed E-state index contributed by atoms with van der Waals surface area (Å²) in [5.74, 6) is 0. The smallest absolute Gasteiger partial charge is 0.0457 e. The van der Waals surface area contributed by atoms with Crippen LogP contribution in [-0.4, -0.2) is 23.5 Å². The van der Waals surface area contributed by atoms with Crippen LogP contribution in [0.15, 0.2) is 30.5 Å². The highest BCUT2D eigenvalue weighted by atomic mass is 15.1. The summed E-state index contributed by atoms with van der Waals surface area (Å²) in [6.07, 6.45) is 2.11. The summed E-state index contributed by atoms with van der Waals surface area (Å²) in [5.41, 5.74) is 2.61. The van der Waals surface area contributed by atoms with E-state index in [0.29, 0.717) is 0 Å². The van der Waals surface area contributed by atoms with Crippen LogP contribution in [0.3, 0.4) is 0 Å². The lowest BCUT2D eigenvalue weighted by Crippen LogP contribution is -2.16. The maximum Gasteiger partial charge on any atom is 0.0457 e. The number of benzene rings is 1. The van der Waals surface area contributed by atoms with Crippen molar-refractivity contribution in [3.8, 4) is 0 Å². The Balaban J connectivity index is 0.000000606. The molecule has 0 radical (unpaired) electrons. The van der Waals surface area contributed by atoms with E-state index >= 15 is 0 Å².